The Hall–Kier alpha value is -3.61. The van der Waals surface area contributed by atoms with Crippen molar-refractivity contribution < 1.29 is 29.0 Å². The maximum atomic E-state index is 13.4. The van der Waals surface area contributed by atoms with Crippen LogP contribution in [0.2, 0.25) is 5.02 Å². The molecule has 2 aliphatic heterocycles. The van der Waals surface area contributed by atoms with Gasteiger partial charge in [-0.3, -0.25) is 28.9 Å². The third-order valence-corrected chi connectivity index (χ3v) is 8.93. The number of H-pyrrole nitrogens is 1. The topological polar surface area (TPSA) is 146 Å². The number of ether oxygens (including phenoxy) is 1. The van der Waals surface area contributed by atoms with E-state index in [1.54, 1.807) is 30.3 Å². The van der Waals surface area contributed by atoms with E-state index in [9.17, 15) is 29.1 Å². The van der Waals surface area contributed by atoms with Crippen molar-refractivity contribution in [1.29, 1.82) is 0 Å². The lowest BCUT2D eigenvalue weighted by atomic mass is 9.82. The average Bonchev–Trinajstić information content (AvgIpc) is 3.35. The molecule has 13 heteroatoms. The number of benzene rings is 2. The monoisotopic (exact) mass is 573 g/mol. The summed E-state index contributed by atoms with van der Waals surface area (Å²) in [6.07, 6.45) is 0. The van der Waals surface area contributed by atoms with Crippen molar-refractivity contribution in [2.24, 2.45) is 5.92 Å². The number of carbonyl (C=O) groups excluding carboxylic acids is 3. The second-order valence-corrected chi connectivity index (χ2v) is 11.3. The van der Waals surface area contributed by atoms with Crippen LogP contribution in [0.3, 0.4) is 0 Å². The zero-order chi connectivity index (χ0) is 27.1. The molecule has 2 aliphatic rings. The van der Waals surface area contributed by atoms with E-state index in [1.807, 2.05) is 19.1 Å². The Morgan fingerprint density at radius 2 is 1.92 bits per heavy atom. The summed E-state index contributed by atoms with van der Waals surface area (Å²) in [5.74, 6) is -4.61. The van der Waals surface area contributed by atoms with Crippen LogP contribution in [-0.2, 0) is 19.2 Å². The summed E-state index contributed by atoms with van der Waals surface area (Å²) in [6.45, 7) is 0.742. The number of amides is 3. The zero-order valence-corrected chi connectivity index (χ0v) is 22.1. The summed E-state index contributed by atoms with van der Waals surface area (Å²) in [5.41, 5.74) is 1.93. The average molecular weight is 574 g/mol. The number of aryl methyl sites for hydroxylation is 1. The standard InChI is InChI=1S/C25H20ClN3O7S2/c1-11-4-2-3-5-14(11)27-16(30)10-36-15-7-6-12(26)8-13(15)18-19-21(37-22-20(18)38-25(35)28-22)24(34)29(23(19)33)9-17(31)32/h2-8,18-19,21H,9-10H2,1H3,(H,27,30)(H,28,35)(H,31,32)/t18-,19?,21?/m0/s1. The first kappa shape index (κ1) is 26.0. The van der Waals surface area contributed by atoms with Crippen molar-refractivity contribution in [2.75, 3.05) is 18.5 Å². The summed E-state index contributed by atoms with van der Waals surface area (Å²) in [5, 5.41) is 11.8. The molecule has 2 unspecified atom stereocenters. The molecule has 0 saturated carbocycles. The Balaban J connectivity index is 1.50. The van der Waals surface area contributed by atoms with Crippen LogP contribution in [0.5, 0.6) is 5.75 Å². The number of aromatic nitrogens is 1. The summed E-state index contributed by atoms with van der Waals surface area (Å²) in [4.78, 5) is 66.3. The van der Waals surface area contributed by atoms with Gasteiger partial charge in [0.25, 0.3) is 5.91 Å². The molecule has 5 rings (SSSR count). The molecule has 38 heavy (non-hydrogen) atoms. The van der Waals surface area contributed by atoms with Gasteiger partial charge in [-0.05, 0) is 36.8 Å². The Labute approximate surface area is 228 Å². The molecule has 10 nitrogen and oxygen atoms in total. The van der Waals surface area contributed by atoms with Gasteiger partial charge in [0, 0.05) is 27.1 Å². The van der Waals surface area contributed by atoms with E-state index in [0.29, 0.717) is 26.2 Å². The molecular formula is C25H20ClN3O7S2. The molecule has 0 aliphatic carbocycles. The molecule has 0 bridgehead atoms. The summed E-state index contributed by atoms with van der Waals surface area (Å²) >= 11 is 8.24. The fourth-order valence-corrected chi connectivity index (χ4v) is 7.35. The Kier molecular flexibility index (Phi) is 7.03. The minimum atomic E-state index is -1.32. The van der Waals surface area contributed by atoms with Gasteiger partial charge in [0.1, 0.15) is 17.5 Å². The molecule has 1 fully saturated rings. The number of fused-ring (bicyclic) bond motifs is 2. The molecular weight excluding hydrogens is 554 g/mol. The van der Waals surface area contributed by atoms with Gasteiger partial charge in [-0.25, -0.2) is 0 Å². The number of thiazole rings is 1. The van der Waals surface area contributed by atoms with Crippen molar-refractivity contribution in [3.63, 3.8) is 0 Å². The number of para-hydroxylation sites is 1. The summed E-state index contributed by atoms with van der Waals surface area (Å²) < 4.78 is 5.88. The van der Waals surface area contributed by atoms with Crippen LogP contribution in [0.4, 0.5) is 5.69 Å². The number of anilines is 1. The van der Waals surface area contributed by atoms with Crippen molar-refractivity contribution in [3.8, 4) is 5.75 Å². The number of thioether (sulfide) groups is 1. The van der Waals surface area contributed by atoms with E-state index in [-0.39, 0.29) is 17.2 Å². The predicted molar refractivity (Wildman–Crippen MR) is 141 cm³/mol. The maximum Gasteiger partial charge on any atom is 0.323 e. The molecule has 0 radical (unpaired) electrons. The Morgan fingerprint density at radius 1 is 1.16 bits per heavy atom. The SMILES string of the molecule is Cc1ccccc1NC(=O)COc1ccc(Cl)cc1[C@@H]1c2sc(=O)[nH]c2SC2C(=O)N(CC(=O)O)C(=O)C21. The second kappa shape index (κ2) is 10.3. The van der Waals surface area contributed by atoms with Crippen LogP contribution >= 0.6 is 34.7 Å². The second-order valence-electron chi connectivity index (χ2n) is 8.74. The number of aliphatic carboxylic acids is 1. The number of halogens is 1. The van der Waals surface area contributed by atoms with E-state index >= 15 is 0 Å². The zero-order valence-electron chi connectivity index (χ0n) is 19.7. The molecule has 3 heterocycles. The van der Waals surface area contributed by atoms with E-state index < -0.39 is 47.3 Å². The van der Waals surface area contributed by atoms with Crippen LogP contribution in [-0.4, -0.2) is 57.1 Å². The number of likely N-dealkylation sites (tertiary alicyclic amines) is 1. The number of rotatable bonds is 7. The first-order valence-corrected chi connectivity index (χ1v) is 13.5. The molecule has 1 saturated heterocycles. The van der Waals surface area contributed by atoms with Crippen molar-refractivity contribution in [2.45, 2.75) is 23.1 Å². The minimum absolute atomic E-state index is 0.244. The van der Waals surface area contributed by atoms with Crippen LogP contribution in [0.15, 0.2) is 52.3 Å². The third-order valence-electron chi connectivity index (χ3n) is 6.29. The lowest BCUT2D eigenvalue weighted by molar-refractivity contribution is -0.149. The lowest BCUT2D eigenvalue weighted by Crippen LogP contribution is -2.36. The van der Waals surface area contributed by atoms with Crippen LogP contribution in [0.1, 0.15) is 21.9 Å². The maximum absolute atomic E-state index is 13.4. The highest BCUT2D eigenvalue weighted by molar-refractivity contribution is 8.00. The number of imide groups is 1. The van der Waals surface area contributed by atoms with Gasteiger partial charge in [-0.1, -0.05) is 52.9 Å². The summed E-state index contributed by atoms with van der Waals surface area (Å²) in [6, 6.07) is 12.0. The lowest BCUT2D eigenvalue weighted by Gasteiger charge is -2.31. The molecule has 3 N–H and O–H groups in total. The van der Waals surface area contributed by atoms with Crippen molar-refractivity contribution in [3.05, 3.63) is 73.2 Å². The summed E-state index contributed by atoms with van der Waals surface area (Å²) in [7, 11) is 0. The Morgan fingerprint density at radius 3 is 2.66 bits per heavy atom. The van der Waals surface area contributed by atoms with E-state index in [0.717, 1.165) is 33.6 Å². The molecule has 0 spiro atoms. The minimum Gasteiger partial charge on any atom is -0.483 e. The number of aromatic amines is 1. The number of hydrogen-bond donors (Lipinski definition) is 3. The van der Waals surface area contributed by atoms with Crippen LogP contribution < -0.4 is 14.9 Å². The van der Waals surface area contributed by atoms with Crippen molar-refractivity contribution >= 4 is 64.1 Å². The van der Waals surface area contributed by atoms with Gasteiger partial charge < -0.3 is 20.1 Å². The fourth-order valence-electron chi connectivity index (χ4n) is 4.64. The van der Waals surface area contributed by atoms with E-state index in [4.69, 9.17) is 16.3 Å². The van der Waals surface area contributed by atoms with Crippen molar-refractivity contribution in [1.82, 2.24) is 9.88 Å². The Bertz CT molecular complexity index is 1540. The molecule has 3 atom stereocenters. The first-order chi connectivity index (χ1) is 18.1. The molecule has 2 aromatic carbocycles. The molecule has 196 valence electrons. The van der Waals surface area contributed by atoms with Gasteiger partial charge in [0.05, 0.1) is 10.9 Å². The van der Waals surface area contributed by atoms with Gasteiger partial charge in [0.15, 0.2) is 6.61 Å². The highest BCUT2D eigenvalue weighted by Crippen LogP contribution is 2.54. The van der Waals surface area contributed by atoms with Crippen LogP contribution in [0, 0.1) is 12.8 Å². The van der Waals surface area contributed by atoms with E-state index in [1.165, 1.54) is 0 Å². The molecule has 3 amide bonds. The van der Waals surface area contributed by atoms with Crippen LogP contribution in [0.25, 0.3) is 0 Å². The first-order valence-electron chi connectivity index (χ1n) is 11.4. The van der Waals surface area contributed by atoms with Gasteiger partial charge in [-0.2, -0.15) is 0 Å². The number of carboxylic acids is 1. The number of carboxylic acid groups (broad SMARTS) is 1. The normalized spacial score (nSPS) is 20.2. The number of nitrogens with one attached hydrogen (secondary N) is 2. The third kappa shape index (κ3) is 4.82. The largest absolute Gasteiger partial charge is 0.483 e. The molecule has 3 aromatic rings. The van der Waals surface area contributed by atoms with E-state index in [2.05, 4.69) is 10.3 Å². The molecule has 1 aromatic heterocycles. The number of hydrogen-bond acceptors (Lipinski definition) is 8. The smallest absolute Gasteiger partial charge is 0.323 e. The quantitative estimate of drug-likeness (QED) is 0.366. The fraction of sp³-hybridized carbons (Fsp3) is 0.240. The predicted octanol–water partition coefficient (Wildman–Crippen LogP) is 3.09. The number of carbonyl (C=O) groups is 4. The number of nitrogens with zero attached hydrogens (tertiary/aromatic N) is 1. The van der Waals surface area contributed by atoms with Gasteiger partial charge >= 0.3 is 10.8 Å². The highest BCUT2D eigenvalue weighted by Gasteiger charge is 2.56. The highest BCUT2D eigenvalue weighted by atomic mass is 35.5. The van der Waals surface area contributed by atoms with Gasteiger partial charge in [-0.15, -0.1) is 0 Å². The van der Waals surface area contributed by atoms with Gasteiger partial charge in [0.2, 0.25) is 11.8 Å².